The van der Waals surface area contributed by atoms with E-state index in [2.05, 4.69) is 36.3 Å². The van der Waals surface area contributed by atoms with Gasteiger partial charge in [0.05, 0.1) is 6.21 Å². The molecule has 0 aliphatic rings. The average Bonchev–Trinajstić information content (AvgIpc) is 2.40. The molecule has 1 N–H and O–H groups in total. The highest BCUT2D eigenvalue weighted by atomic mass is 16.5. The molecule has 0 aliphatic heterocycles. The number of oxime groups is 1. The summed E-state index contributed by atoms with van der Waals surface area (Å²) in [7, 11) is 0. The van der Waals surface area contributed by atoms with Gasteiger partial charge in [0.15, 0.2) is 0 Å². The molecule has 92 valence electrons. The van der Waals surface area contributed by atoms with Crippen molar-refractivity contribution in [2.75, 3.05) is 0 Å². The minimum absolute atomic E-state index is 0.549. The first-order chi connectivity index (χ1) is 8.78. The van der Waals surface area contributed by atoms with Crippen LogP contribution in [0.5, 0.6) is 5.75 Å². The minimum Gasteiger partial charge on any atom is -0.489 e. The lowest BCUT2D eigenvalue weighted by molar-refractivity contribution is 0.306. The smallest absolute Gasteiger partial charge is 0.119 e. The molecule has 3 heteroatoms. The van der Waals surface area contributed by atoms with Crippen LogP contribution in [0.2, 0.25) is 0 Å². The summed E-state index contributed by atoms with van der Waals surface area (Å²) in [6, 6.07) is 15.6. The first-order valence-electron chi connectivity index (χ1n) is 5.74. The Balaban J connectivity index is 1.95. The maximum atomic E-state index is 8.40. The van der Waals surface area contributed by atoms with Crippen molar-refractivity contribution in [3.8, 4) is 5.75 Å². The summed E-state index contributed by atoms with van der Waals surface area (Å²) >= 11 is 0. The number of hydrogen-bond acceptors (Lipinski definition) is 3. The normalized spacial score (nSPS) is 10.7. The van der Waals surface area contributed by atoms with E-state index in [0.717, 1.165) is 16.9 Å². The van der Waals surface area contributed by atoms with Crippen molar-refractivity contribution in [3.05, 3.63) is 65.2 Å². The molecule has 2 aromatic carbocycles. The van der Waals surface area contributed by atoms with Gasteiger partial charge in [-0.3, -0.25) is 0 Å². The summed E-state index contributed by atoms with van der Waals surface area (Å²) in [5.41, 5.74) is 3.22. The van der Waals surface area contributed by atoms with Crippen LogP contribution in [0.1, 0.15) is 16.7 Å². The van der Waals surface area contributed by atoms with Gasteiger partial charge in [0, 0.05) is 0 Å². The Morgan fingerprint density at radius 1 is 1.06 bits per heavy atom. The molecule has 3 nitrogen and oxygen atoms in total. The van der Waals surface area contributed by atoms with Gasteiger partial charge in [-0.05, 0) is 42.3 Å². The third kappa shape index (κ3) is 3.35. The fraction of sp³-hybridized carbons (Fsp3) is 0.133. The molecule has 0 spiro atoms. The van der Waals surface area contributed by atoms with Gasteiger partial charge in [-0.2, -0.15) is 0 Å². The number of hydrogen-bond donors (Lipinski definition) is 1. The van der Waals surface area contributed by atoms with E-state index in [0.29, 0.717) is 6.61 Å². The van der Waals surface area contributed by atoms with E-state index in [9.17, 15) is 0 Å². The number of benzene rings is 2. The zero-order chi connectivity index (χ0) is 12.8. The van der Waals surface area contributed by atoms with Crippen LogP contribution < -0.4 is 4.74 Å². The Kier molecular flexibility index (Phi) is 3.97. The highest BCUT2D eigenvalue weighted by Gasteiger charge is 1.96. The third-order valence-electron chi connectivity index (χ3n) is 2.61. The molecule has 0 heterocycles. The first kappa shape index (κ1) is 12.2. The molecular weight excluding hydrogens is 226 g/mol. The van der Waals surface area contributed by atoms with Crippen LogP contribution in [-0.2, 0) is 6.61 Å². The Morgan fingerprint density at radius 2 is 1.72 bits per heavy atom. The van der Waals surface area contributed by atoms with Crippen molar-refractivity contribution in [2.24, 2.45) is 5.16 Å². The van der Waals surface area contributed by atoms with Crippen LogP contribution in [0.25, 0.3) is 0 Å². The summed E-state index contributed by atoms with van der Waals surface area (Å²) in [5.74, 6) is 0.797. The van der Waals surface area contributed by atoms with Crippen molar-refractivity contribution < 1.29 is 9.94 Å². The number of rotatable bonds is 4. The Morgan fingerprint density at radius 3 is 2.33 bits per heavy atom. The van der Waals surface area contributed by atoms with Crippen molar-refractivity contribution in [2.45, 2.75) is 13.5 Å². The van der Waals surface area contributed by atoms with Crippen molar-refractivity contribution >= 4 is 6.21 Å². The molecule has 0 saturated heterocycles. The van der Waals surface area contributed by atoms with E-state index in [1.165, 1.54) is 11.8 Å². The lowest BCUT2D eigenvalue weighted by Crippen LogP contribution is -1.95. The molecule has 0 bridgehead atoms. The van der Waals surface area contributed by atoms with Gasteiger partial charge in [0.25, 0.3) is 0 Å². The lowest BCUT2D eigenvalue weighted by Gasteiger charge is -2.06. The monoisotopic (exact) mass is 241 g/mol. The van der Waals surface area contributed by atoms with E-state index in [1.54, 1.807) is 0 Å². The van der Waals surface area contributed by atoms with E-state index in [4.69, 9.17) is 9.94 Å². The van der Waals surface area contributed by atoms with Crippen molar-refractivity contribution in [3.63, 3.8) is 0 Å². The maximum Gasteiger partial charge on any atom is 0.119 e. The number of ether oxygens (including phenoxy) is 1. The standard InChI is InChI=1S/C15H15NO2/c1-12-2-4-14(5-3-12)11-18-15-8-6-13(7-9-15)10-16-17/h2-10,17H,11H2,1H3. The molecule has 0 aromatic heterocycles. The fourth-order valence-corrected chi connectivity index (χ4v) is 1.57. The van der Waals surface area contributed by atoms with Gasteiger partial charge < -0.3 is 9.94 Å². The van der Waals surface area contributed by atoms with E-state index < -0.39 is 0 Å². The van der Waals surface area contributed by atoms with Gasteiger partial charge in [0.2, 0.25) is 0 Å². The molecule has 2 aromatic rings. The van der Waals surface area contributed by atoms with Gasteiger partial charge in [-0.1, -0.05) is 35.0 Å². The molecule has 18 heavy (non-hydrogen) atoms. The summed E-state index contributed by atoms with van der Waals surface area (Å²) in [5, 5.41) is 11.4. The molecule has 0 radical (unpaired) electrons. The third-order valence-corrected chi connectivity index (χ3v) is 2.61. The quantitative estimate of drug-likeness (QED) is 0.506. The topological polar surface area (TPSA) is 41.8 Å². The summed E-state index contributed by atoms with van der Waals surface area (Å²) in [6.07, 6.45) is 1.38. The Labute approximate surface area is 106 Å². The van der Waals surface area contributed by atoms with Crippen molar-refractivity contribution in [1.82, 2.24) is 0 Å². The van der Waals surface area contributed by atoms with E-state index in [-0.39, 0.29) is 0 Å². The predicted molar refractivity (Wildman–Crippen MR) is 71.3 cm³/mol. The van der Waals surface area contributed by atoms with Crippen LogP contribution >= 0.6 is 0 Å². The molecule has 0 fully saturated rings. The van der Waals surface area contributed by atoms with Crippen LogP contribution in [0.15, 0.2) is 53.7 Å². The summed E-state index contributed by atoms with van der Waals surface area (Å²) in [6.45, 7) is 2.61. The highest BCUT2D eigenvalue weighted by molar-refractivity contribution is 5.79. The molecule has 0 amide bonds. The van der Waals surface area contributed by atoms with Crippen LogP contribution in [-0.4, -0.2) is 11.4 Å². The average molecular weight is 241 g/mol. The van der Waals surface area contributed by atoms with Crippen molar-refractivity contribution in [1.29, 1.82) is 0 Å². The summed E-state index contributed by atoms with van der Waals surface area (Å²) < 4.78 is 5.66. The second-order valence-electron chi connectivity index (χ2n) is 4.09. The summed E-state index contributed by atoms with van der Waals surface area (Å²) in [4.78, 5) is 0. The molecule has 0 unspecified atom stereocenters. The van der Waals surface area contributed by atoms with Gasteiger partial charge in [-0.25, -0.2) is 0 Å². The molecular formula is C15H15NO2. The van der Waals surface area contributed by atoms with Gasteiger partial charge in [-0.15, -0.1) is 0 Å². The molecule has 0 atom stereocenters. The predicted octanol–water partition coefficient (Wildman–Crippen LogP) is 3.38. The van der Waals surface area contributed by atoms with E-state index >= 15 is 0 Å². The van der Waals surface area contributed by atoms with Gasteiger partial charge >= 0.3 is 0 Å². The zero-order valence-electron chi connectivity index (χ0n) is 10.2. The van der Waals surface area contributed by atoms with Gasteiger partial charge in [0.1, 0.15) is 12.4 Å². The second kappa shape index (κ2) is 5.87. The first-order valence-corrected chi connectivity index (χ1v) is 5.74. The minimum atomic E-state index is 0.549. The SMILES string of the molecule is Cc1ccc(COc2ccc(C=NO)cc2)cc1. The maximum absolute atomic E-state index is 8.40. The molecule has 0 saturated carbocycles. The Hall–Kier alpha value is -2.29. The largest absolute Gasteiger partial charge is 0.489 e. The zero-order valence-corrected chi connectivity index (χ0v) is 10.2. The van der Waals surface area contributed by atoms with E-state index in [1.807, 2.05) is 24.3 Å². The highest BCUT2D eigenvalue weighted by Crippen LogP contribution is 2.13. The fourth-order valence-electron chi connectivity index (χ4n) is 1.57. The van der Waals surface area contributed by atoms with Crippen LogP contribution in [0.3, 0.4) is 0 Å². The second-order valence-corrected chi connectivity index (χ2v) is 4.09. The lowest BCUT2D eigenvalue weighted by atomic mass is 10.2. The number of nitrogens with zero attached hydrogens (tertiary/aromatic N) is 1. The van der Waals surface area contributed by atoms with Crippen LogP contribution in [0.4, 0.5) is 0 Å². The molecule has 0 aliphatic carbocycles. The molecule has 2 rings (SSSR count). The number of aryl methyl sites for hydroxylation is 1. The Bertz CT molecular complexity index is 515. The van der Waals surface area contributed by atoms with Crippen LogP contribution in [0, 0.1) is 6.92 Å².